The summed E-state index contributed by atoms with van der Waals surface area (Å²) in [7, 11) is 0. The predicted octanol–water partition coefficient (Wildman–Crippen LogP) is -0.641. The maximum atomic E-state index is 12.1. The van der Waals surface area contributed by atoms with Crippen molar-refractivity contribution in [3.63, 3.8) is 0 Å². The number of carbonyl (C=O) groups is 1. The van der Waals surface area contributed by atoms with Crippen LogP contribution in [0.5, 0.6) is 0 Å². The maximum absolute atomic E-state index is 12.1. The summed E-state index contributed by atoms with van der Waals surface area (Å²) in [6.07, 6.45) is -4.25. The van der Waals surface area contributed by atoms with Crippen molar-refractivity contribution in [2.45, 2.75) is 44.0 Å². The Labute approximate surface area is 150 Å². The van der Waals surface area contributed by atoms with E-state index in [4.69, 9.17) is 4.74 Å². The van der Waals surface area contributed by atoms with E-state index in [-0.39, 0.29) is 12.5 Å². The number of ether oxygens (including phenoxy) is 1. The Balaban J connectivity index is 1.77. The molecule has 0 spiro atoms. The van der Waals surface area contributed by atoms with E-state index >= 15 is 0 Å². The van der Waals surface area contributed by atoms with Crippen molar-refractivity contribution in [3.8, 4) is 0 Å². The van der Waals surface area contributed by atoms with Gasteiger partial charge in [0.2, 0.25) is 5.91 Å². The van der Waals surface area contributed by atoms with Crippen molar-refractivity contribution < 1.29 is 30.0 Å². The first-order chi connectivity index (χ1) is 12.4. The second-order valence-corrected chi connectivity index (χ2v) is 6.54. The summed E-state index contributed by atoms with van der Waals surface area (Å²) in [6, 6.07) is 7.80. The molecule has 1 fully saturated rings. The smallest absolute Gasteiger partial charge is 0.221 e. The van der Waals surface area contributed by atoms with E-state index in [0.717, 1.165) is 16.5 Å². The van der Waals surface area contributed by atoms with Crippen molar-refractivity contribution in [3.05, 3.63) is 36.0 Å². The van der Waals surface area contributed by atoms with Crippen LogP contribution in [0.25, 0.3) is 10.9 Å². The van der Waals surface area contributed by atoms with Gasteiger partial charge in [0.25, 0.3) is 0 Å². The number of aromatic amines is 1. The minimum atomic E-state index is -1.51. The molecule has 5 N–H and O–H groups in total. The minimum absolute atomic E-state index is 0.250. The molecule has 1 aromatic carbocycles. The number of benzene rings is 1. The molecular weight excluding hydrogens is 340 g/mol. The number of nitrogens with zero attached hydrogens (tertiary/aromatic N) is 1. The summed E-state index contributed by atoms with van der Waals surface area (Å²) in [5, 5.41) is 40.5. The van der Waals surface area contributed by atoms with E-state index in [1.165, 1.54) is 11.8 Å². The molecule has 0 unspecified atom stereocenters. The zero-order valence-electron chi connectivity index (χ0n) is 14.4. The van der Waals surface area contributed by atoms with Crippen LogP contribution in [0.1, 0.15) is 12.5 Å². The Hall–Kier alpha value is -1.97. The van der Waals surface area contributed by atoms with Crippen LogP contribution in [-0.2, 0) is 16.0 Å². The molecule has 5 atom stereocenters. The van der Waals surface area contributed by atoms with Gasteiger partial charge in [-0.3, -0.25) is 4.79 Å². The van der Waals surface area contributed by atoms with E-state index in [2.05, 4.69) is 4.98 Å². The molecule has 2 aromatic rings. The van der Waals surface area contributed by atoms with Gasteiger partial charge in [0.15, 0.2) is 6.23 Å². The van der Waals surface area contributed by atoms with Gasteiger partial charge >= 0.3 is 0 Å². The number of H-pyrrole nitrogens is 1. The quantitative estimate of drug-likeness (QED) is 0.480. The van der Waals surface area contributed by atoms with E-state index in [9.17, 15) is 25.2 Å². The molecule has 1 saturated heterocycles. The number of hydrogen-bond donors (Lipinski definition) is 5. The van der Waals surface area contributed by atoms with Gasteiger partial charge in [-0.05, 0) is 18.1 Å². The third kappa shape index (κ3) is 3.46. The average molecular weight is 364 g/mol. The highest BCUT2D eigenvalue weighted by Crippen LogP contribution is 2.25. The van der Waals surface area contributed by atoms with Gasteiger partial charge in [-0.1, -0.05) is 18.2 Å². The second kappa shape index (κ2) is 7.73. The summed E-state index contributed by atoms with van der Waals surface area (Å²) < 4.78 is 5.50. The first-order valence-corrected chi connectivity index (χ1v) is 8.56. The minimum Gasteiger partial charge on any atom is -0.394 e. The number of para-hydroxylation sites is 1. The molecule has 2 heterocycles. The largest absolute Gasteiger partial charge is 0.394 e. The molecule has 0 radical (unpaired) electrons. The fraction of sp³-hybridized carbons (Fsp3) is 0.500. The highest BCUT2D eigenvalue weighted by Gasteiger charge is 2.46. The van der Waals surface area contributed by atoms with E-state index in [1.807, 2.05) is 30.5 Å². The Bertz CT molecular complexity index is 761. The lowest BCUT2D eigenvalue weighted by Gasteiger charge is -2.44. The third-order valence-corrected chi connectivity index (χ3v) is 4.88. The normalized spacial score (nSPS) is 29.0. The van der Waals surface area contributed by atoms with Crippen molar-refractivity contribution in [1.29, 1.82) is 0 Å². The standard InChI is InChI=1S/C18H24N2O6/c1-10(22)20(18-17(25)16(24)15(23)14(9-21)26-18)7-6-11-8-19-13-5-3-2-4-12(11)13/h2-5,8,14-19,21,23-25H,6-7,9H2,1H3/t14-,15+,16+,17-,18+/m0/s1. The Morgan fingerprint density at radius 1 is 1.19 bits per heavy atom. The predicted molar refractivity (Wildman–Crippen MR) is 93.2 cm³/mol. The fourth-order valence-corrected chi connectivity index (χ4v) is 3.38. The third-order valence-electron chi connectivity index (χ3n) is 4.88. The molecule has 0 saturated carbocycles. The molecule has 142 valence electrons. The topological polar surface area (TPSA) is 126 Å². The summed E-state index contributed by atoms with van der Waals surface area (Å²) in [6.45, 7) is 1.06. The highest BCUT2D eigenvalue weighted by molar-refractivity contribution is 5.83. The number of amides is 1. The number of rotatable bonds is 5. The summed E-state index contributed by atoms with van der Waals surface area (Å²) in [5.74, 6) is -0.339. The lowest BCUT2D eigenvalue weighted by molar-refractivity contribution is -0.261. The van der Waals surface area contributed by atoms with Crippen molar-refractivity contribution in [1.82, 2.24) is 9.88 Å². The van der Waals surface area contributed by atoms with Crippen LogP contribution in [0.4, 0.5) is 0 Å². The molecule has 0 aliphatic carbocycles. The highest BCUT2D eigenvalue weighted by atomic mass is 16.6. The fourth-order valence-electron chi connectivity index (χ4n) is 3.38. The monoisotopic (exact) mass is 364 g/mol. The van der Waals surface area contributed by atoms with Gasteiger partial charge < -0.3 is 35.0 Å². The van der Waals surface area contributed by atoms with Crippen molar-refractivity contribution >= 4 is 16.8 Å². The first-order valence-electron chi connectivity index (χ1n) is 8.56. The summed E-state index contributed by atoms with van der Waals surface area (Å²) >= 11 is 0. The molecule has 8 heteroatoms. The first kappa shape index (κ1) is 18.8. The zero-order chi connectivity index (χ0) is 18.8. The molecule has 26 heavy (non-hydrogen) atoms. The van der Waals surface area contributed by atoms with Crippen LogP contribution in [0, 0.1) is 0 Å². The Kier molecular flexibility index (Phi) is 5.59. The lowest BCUT2D eigenvalue weighted by Crippen LogP contribution is -2.64. The average Bonchev–Trinajstić information content (AvgIpc) is 3.04. The molecule has 3 rings (SSSR count). The van der Waals surface area contributed by atoms with Crippen LogP contribution < -0.4 is 0 Å². The van der Waals surface area contributed by atoms with Crippen LogP contribution in [0.15, 0.2) is 30.5 Å². The van der Waals surface area contributed by atoms with Gasteiger partial charge in [0, 0.05) is 30.6 Å². The summed E-state index contributed by atoms with van der Waals surface area (Å²) in [5.41, 5.74) is 2.00. The van der Waals surface area contributed by atoms with E-state index in [1.54, 1.807) is 0 Å². The number of nitrogens with one attached hydrogen (secondary N) is 1. The van der Waals surface area contributed by atoms with Crippen LogP contribution in [-0.4, -0.2) is 80.0 Å². The Morgan fingerprint density at radius 2 is 1.92 bits per heavy atom. The lowest BCUT2D eigenvalue weighted by atomic mass is 9.97. The molecule has 0 bridgehead atoms. The van der Waals surface area contributed by atoms with Gasteiger partial charge in [-0.15, -0.1) is 0 Å². The van der Waals surface area contributed by atoms with E-state index < -0.39 is 37.3 Å². The number of aliphatic hydroxyl groups is 4. The van der Waals surface area contributed by atoms with Crippen LogP contribution in [0.3, 0.4) is 0 Å². The number of aromatic nitrogens is 1. The molecule has 8 nitrogen and oxygen atoms in total. The van der Waals surface area contributed by atoms with Crippen LogP contribution >= 0.6 is 0 Å². The molecule has 1 aliphatic heterocycles. The van der Waals surface area contributed by atoms with Crippen LogP contribution in [0.2, 0.25) is 0 Å². The molecule has 1 amide bonds. The number of fused-ring (bicyclic) bond motifs is 1. The van der Waals surface area contributed by atoms with Gasteiger partial charge in [0.05, 0.1) is 6.61 Å². The van der Waals surface area contributed by atoms with Crippen molar-refractivity contribution in [2.24, 2.45) is 0 Å². The second-order valence-electron chi connectivity index (χ2n) is 6.54. The van der Waals surface area contributed by atoms with Crippen molar-refractivity contribution in [2.75, 3.05) is 13.2 Å². The number of aliphatic hydroxyl groups excluding tert-OH is 4. The van der Waals surface area contributed by atoms with Gasteiger partial charge in [0.1, 0.15) is 24.4 Å². The Morgan fingerprint density at radius 3 is 2.62 bits per heavy atom. The molecule has 1 aromatic heterocycles. The maximum Gasteiger partial charge on any atom is 0.221 e. The number of carbonyl (C=O) groups excluding carboxylic acids is 1. The molecule has 1 aliphatic rings. The van der Waals surface area contributed by atoms with E-state index in [0.29, 0.717) is 6.42 Å². The molecular formula is C18H24N2O6. The zero-order valence-corrected chi connectivity index (χ0v) is 14.4. The summed E-state index contributed by atoms with van der Waals surface area (Å²) in [4.78, 5) is 16.6. The van der Waals surface area contributed by atoms with Gasteiger partial charge in [-0.2, -0.15) is 0 Å². The van der Waals surface area contributed by atoms with Gasteiger partial charge in [-0.25, -0.2) is 0 Å². The SMILES string of the molecule is CC(=O)N(CCc1c[nH]c2ccccc12)[C@@H]1O[C@@H](CO)[C@@H](O)[C@@H](O)[C@@H]1O. The number of hydrogen-bond acceptors (Lipinski definition) is 6.